The van der Waals surface area contributed by atoms with E-state index in [1.807, 2.05) is 30.3 Å². The molecule has 1 aromatic carbocycles. The SMILES string of the molecule is CCCCNC(=O)[C@H]1CCCN(c2cnn(Cc3ccccc3)c(=O)c2)C1. The van der Waals surface area contributed by atoms with Gasteiger partial charge in [-0.2, -0.15) is 5.10 Å². The van der Waals surface area contributed by atoms with Crippen LogP contribution >= 0.6 is 0 Å². The van der Waals surface area contributed by atoms with Crippen LogP contribution in [0.15, 0.2) is 47.4 Å². The molecule has 0 unspecified atom stereocenters. The lowest BCUT2D eigenvalue weighted by Gasteiger charge is -2.33. The zero-order valence-corrected chi connectivity index (χ0v) is 15.9. The van der Waals surface area contributed by atoms with E-state index in [4.69, 9.17) is 0 Å². The molecule has 0 saturated carbocycles. The minimum Gasteiger partial charge on any atom is -0.369 e. The summed E-state index contributed by atoms with van der Waals surface area (Å²) in [7, 11) is 0. The van der Waals surface area contributed by atoms with Crippen molar-refractivity contribution in [1.82, 2.24) is 15.1 Å². The molecule has 0 aliphatic carbocycles. The molecule has 1 aromatic heterocycles. The number of piperidine rings is 1. The summed E-state index contributed by atoms with van der Waals surface area (Å²) in [6.07, 6.45) is 5.65. The van der Waals surface area contributed by atoms with Gasteiger partial charge in [0.25, 0.3) is 5.56 Å². The molecule has 3 rings (SSSR count). The molecule has 6 nitrogen and oxygen atoms in total. The fraction of sp³-hybridized carbons (Fsp3) is 0.476. The summed E-state index contributed by atoms with van der Waals surface area (Å²) in [6.45, 7) is 4.80. The molecule has 0 bridgehead atoms. The van der Waals surface area contributed by atoms with Gasteiger partial charge in [0, 0.05) is 25.7 Å². The van der Waals surface area contributed by atoms with Crippen LogP contribution in [0.1, 0.15) is 38.2 Å². The third-order valence-corrected chi connectivity index (χ3v) is 5.02. The molecular weight excluding hydrogens is 340 g/mol. The van der Waals surface area contributed by atoms with Gasteiger partial charge in [0.15, 0.2) is 0 Å². The molecule has 27 heavy (non-hydrogen) atoms. The first-order chi connectivity index (χ1) is 13.2. The van der Waals surface area contributed by atoms with Crippen molar-refractivity contribution >= 4 is 11.6 Å². The van der Waals surface area contributed by atoms with Crippen LogP contribution in [0.2, 0.25) is 0 Å². The number of amides is 1. The minimum atomic E-state index is -0.120. The zero-order chi connectivity index (χ0) is 19.1. The van der Waals surface area contributed by atoms with Crippen molar-refractivity contribution in [2.45, 2.75) is 39.2 Å². The lowest BCUT2D eigenvalue weighted by atomic mass is 9.96. The van der Waals surface area contributed by atoms with Gasteiger partial charge in [-0.15, -0.1) is 0 Å². The molecule has 6 heteroatoms. The third kappa shape index (κ3) is 5.18. The average Bonchev–Trinajstić information content (AvgIpc) is 2.70. The van der Waals surface area contributed by atoms with Crippen molar-refractivity contribution in [2.75, 3.05) is 24.5 Å². The van der Waals surface area contributed by atoms with Crippen LogP contribution in [-0.2, 0) is 11.3 Å². The van der Waals surface area contributed by atoms with Crippen molar-refractivity contribution in [2.24, 2.45) is 5.92 Å². The standard InChI is InChI=1S/C21H28N4O2/c1-2-3-11-22-21(27)18-10-7-12-24(16-18)19-13-20(26)25(23-14-19)15-17-8-5-4-6-9-17/h4-6,8-9,13-14,18H,2-3,7,10-12,15-16H2,1H3,(H,22,27)/t18-/m0/s1. The predicted octanol–water partition coefficient (Wildman–Crippen LogP) is 2.42. The highest BCUT2D eigenvalue weighted by Crippen LogP contribution is 2.21. The van der Waals surface area contributed by atoms with E-state index in [9.17, 15) is 9.59 Å². The number of aromatic nitrogens is 2. The highest BCUT2D eigenvalue weighted by molar-refractivity contribution is 5.79. The van der Waals surface area contributed by atoms with Gasteiger partial charge < -0.3 is 10.2 Å². The lowest BCUT2D eigenvalue weighted by molar-refractivity contribution is -0.125. The second-order valence-corrected chi connectivity index (χ2v) is 7.13. The Balaban J connectivity index is 1.64. The van der Waals surface area contributed by atoms with Gasteiger partial charge in [0.2, 0.25) is 5.91 Å². The molecule has 0 spiro atoms. The predicted molar refractivity (Wildman–Crippen MR) is 107 cm³/mol. The van der Waals surface area contributed by atoms with Crippen molar-refractivity contribution in [3.8, 4) is 0 Å². The monoisotopic (exact) mass is 368 g/mol. The maximum Gasteiger partial charge on any atom is 0.269 e. The summed E-state index contributed by atoms with van der Waals surface area (Å²) in [6, 6.07) is 11.5. The highest BCUT2D eigenvalue weighted by atomic mass is 16.2. The number of carbonyl (C=O) groups is 1. The molecule has 2 heterocycles. The van der Waals surface area contributed by atoms with E-state index in [2.05, 4.69) is 22.2 Å². The first-order valence-corrected chi connectivity index (χ1v) is 9.81. The van der Waals surface area contributed by atoms with Gasteiger partial charge in [0.05, 0.1) is 24.3 Å². The molecule has 0 radical (unpaired) electrons. The van der Waals surface area contributed by atoms with E-state index < -0.39 is 0 Å². The van der Waals surface area contributed by atoms with E-state index in [0.717, 1.165) is 50.0 Å². The normalized spacial score (nSPS) is 16.9. The second kappa shape index (κ2) is 9.35. The van der Waals surface area contributed by atoms with Crippen LogP contribution in [-0.4, -0.2) is 35.3 Å². The molecule has 144 valence electrons. The van der Waals surface area contributed by atoms with Crippen molar-refractivity contribution in [3.05, 3.63) is 58.5 Å². The molecule has 1 saturated heterocycles. The maximum atomic E-state index is 12.5. The van der Waals surface area contributed by atoms with Crippen LogP contribution in [0.3, 0.4) is 0 Å². The van der Waals surface area contributed by atoms with E-state index in [1.54, 1.807) is 12.3 Å². The van der Waals surface area contributed by atoms with Crippen molar-refractivity contribution in [1.29, 1.82) is 0 Å². The Hall–Kier alpha value is -2.63. The van der Waals surface area contributed by atoms with Gasteiger partial charge in [-0.1, -0.05) is 43.7 Å². The minimum absolute atomic E-state index is 0.0256. The lowest BCUT2D eigenvalue weighted by Crippen LogP contribution is -2.43. The molecule has 1 fully saturated rings. The number of anilines is 1. The number of nitrogens with one attached hydrogen (secondary N) is 1. The quantitative estimate of drug-likeness (QED) is 0.762. The first-order valence-electron chi connectivity index (χ1n) is 9.81. The third-order valence-electron chi connectivity index (χ3n) is 5.02. The number of benzene rings is 1. The van der Waals surface area contributed by atoms with Crippen LogP contribution in [0.25, 0.3) is 0 Å². The summed E-state index contributed by atoms with van der Waals surface area (Å²) in [4.78, 5) is 26.9. The second-order valence-electron chi connectivity index (χ2n) is 7.13. The Morgan fingerprint density at radius 1 is 1.30 bits per heavy atom. The summed E-state index contributed by atoms with van der Waals surface area (Å²) in [5.41, 5.74) is 1.72. The number of hydrogen-bond acceptors (Lipinski definition) is 4. The van der Waals surface area contributed by atoms with Gasteiger partial charge in [-0.3, -0.25) is 9.59 Å². The summed E-state index contributed by atoms with van der Waals surface area (Å²) >= 11 is 0. The number of hydrogen-bond donors (Lipinski definition) is 1. The Morgan fingerprint density at radius 3 is 2.85 bits per heavy atom. The number of rotatable bonds is 7. The fourth-order valence-corrected chi connectivity index (χ4v) is 3.43. The van der Waals surface area contributed by atoms with Gasteiger partial charge in [0.1, 0.15) is 0 Å². The van der Waals surface area contributed by atoms with Crippen molar-refractivity contribution < 1.29 is 4.79 Å². The Morgan fingerprint density at radius 2 is 2.11 bits per heavy atom. The molecule has 2 aromatic rings. The first kappa shape index (κ1) is 19.1. The number of unbranched alkanes of at least 4 members (excludes halogenated alkanes) is 1. The van der Waals surface area contributed by atoms with E-state index in [-0.39, 0.29) is 17.4 Å². The summed E-state index contributed by atoms with van der Waals surface area (Å²) in [5.74, 6) is 0.0980. The summed E-state index contributed by atoms with van der Waals surface area (Å²) < 4.78 is 1.47. The van der Waals surface area contributed by atoms with Crippen molar-refractivity contribution in [3.63, 3.8) is 0 Å². The fourth-order valence-electron chi connectivity index (χ4n) is 3.43. The van der Waals surface area contributed by atoms with Gasteiger partial charge >= 0.3 is 0 Å². The Bertz CT molecular complexity index is 803. The van der Waals surface area contributed by atoms with Crippen LogP contribution < -0.4 is 15.8 Å². The molecule has 1 aliphatic heterocycles. The Labute approximate surface area is 160 Å². The van der Waals surface area contributed by atoms with Crippen LogP contribution in [0.5, 0.6) is 0 Å². The molecule has 1 aliphatic rings. The zero-order valence-electron chi connectivity index (χ0n) is 15.9. The molecule has 1 amide bonds. The smallest absolute Gasteiger partial charge is 0.269 e. The van der Waals surface area contributed by atoms with E-state index in [0.29, 0.717) is 13.1 Å². The topological polar surface area (TPSA) is 67.2 Å². The number of carbonyl (C=O) groups excluding carboxylic acids is 1. The van der Waals surface area contributed by atoms with Crippen LogP contribution in [0, 0.1) is 5.92 Å². The van der Waals surface area contributed by atoms with Crippen LogP contribution in [0.4, 0.5) is 5.69 Å². The van der Waals surface area contributed by atoms with E-state index in [1.165, 1.54) is 4.68 Å². The van der Waals surface area contributed by atoms with E-state index >= 15 is 0 Å². The largest absolute Gasteiger partial charge is 0.369 e. The van der Waals surface area contributed by atoms with Gasteiger partial charge in [-0.05, 0) is 24.8 Å². The Kier molecular flexibility index (Phi) is 6.63. The average molecular weight is 368 g/mol. The van der Waals surface area contributed by atoms with Gasteiger partial charge in [-0.25, -0.2) is 4.68 Å². The maximum absolute atomic E-state index is 12.5. The molecule has 1 atom stereocenters. The molecular formula is C21H28N4O2. The highest BCUT2D eigenvalue weighted by Gasteiger charge is 2.26. The summed E-state index contributed by atoms with van der Waals surface area (Å²) in [5, 5.41) is 7.37. The molecule has 1 N–H and O–H groups in total. The number of nitrogens with zero attached hydrogens (tertiary/aromatic N) is 3.